The van der Waals surface area contributed by atoms with Crippen molar-refractivity contribution in [2.75, 3.05) is 37.7 Å². The molecule has 0 amide bonds. The molecule has 1 atom stereocenters. The van der Waals surface area contributed by atoms with Gasteiger partial charge in [0.15, 0.2) is 11.6 Å². The van der Waals surface area contributed by atoms with Crippen molar-refractivity contribution >= 4 is 16.6 Å². The zero-order chi connectivity index (χ0) is 17.6. The van der Waals surface area contributed by atoms with Crippen LogP contribution < -0.4 is 10.6 Å². The Balaban J connectivity index is 1.79. The van der Waals surface area contributed by atoms with Crippen LogP contribution in [-0.4, -0.2) is 37.8 Å². The first-order valence-corrected chi connectivity index (χ1v) is 8.82. The van der Waals surface area contributed by atoms with Crippen molar-refractivity contribution in [1.29, 1.82) is 0 Å². The zero-order valence-electron chi connectivity index (χ0n) is 14.4. The third-order valence-electron chi connectivity index (χ3n) is 5.91. The highest BCUT2D eigenvalue weighted by Crippen LogP contribution is 2.46. The summed E-state index contributed by atoms with van der Waals surface area (Å²) in [6, 6.07) is 4.77. The quantitative estimate of drug-likeness (QED) is 0.907. The van der Waals surface area contributed by atoms with E-state index in [0.717, 1.165) is 44.8 Å². The molecule has 1 spiro atoms. The van der Waals surface area contributed by atoms with Crippen LogP contribution in [0.15, 0.2) is 18.2 Å². The molecule has 3 heterocycles. The summed E-state index contributed by atoms with van der Waals surface area (Å²) in [6.07, 6.45) is 1.99. The molecule has 2 saturated heterocycles. The number of pyridine rings is 1. The smallest absolute Gasteiger partial charge is 0.185 e. The summed E-state index contributed by atoms with van der Waals surface area (Å²) in [5, 5.41) is 0.657. The Kier molecular flexibility index (Phi) is 4.12. The van der Waals surface area contributed by atoms with Crippen LogP contribution in [0.2, 0.25) is 0 Å². The van der Waals surface area contributed by atoms with Crippen LogP contribution in [-0.2, 0) is 4.74 Å². The maximum absolute atomic E-state index is 14.2. The number of aromatic nitrogens is 1. The molecule has 2 fully saturated rings. The van der Waals surface area contributed by atoms with Crippen molar-refractivity contribution in [2.45, 2.75) is 19.8 Å². The summed E-state index contributed by atoms with van der Waals surface area (Å²) < 4.78 is 33.4. The van der Waals surface area contributed by atoms with Crippen LogP contribution in [0.5, 0.6) is 0 Å². The standard InChI is InChI=1S/C19H23F2N3O/c1-12-8-16(14-2-3-15(20)17(21)18(14)23-12)24-10-13(9-22)19(11-24)4-6-25-7-5-19/h2-3,8,13H,4-7,9-11,22H2,1H3/t13-/m0/s1. The fourth-order valence-corrected chi connectivity index (χ4v) is 4.49. The fourth-order valence-electron chi connectivity index (χ4n) is 4.49. The minimum Gasteiger partial charge on any atom is -0.381 e. The number of fused-ring (bicyclic) bond motifs is 1. The maximum atomic E-state index is 14.2. The molecule has 2 aliphatic heterocycles. The van der Waals surface area contributed by atoms with Crippen molar-refractivity contribution in [3.05, 3.63) is 35.5 Å². The number of hydrogen-bond donors (Lipinski definition) is 1. The number of benzene rings is 1. The molecular weight excluding hydrogens is 324 g/mol. The van der Waals surface area contributed by atoms with Crippen LogP contribution in [0.1, 0.15) is 18.5 Å². The summed E-state index contributed by atoms with van der Waals surface area (Å²) in [7, 11) is 0. The Hall–Kier alpha value is -1.79. The number of rotatable bonds is 2. The lowest BCUT2D eigenvalue weighted by Gasteiger charge is -2.37. The van der Waals surface area contributed by atoms with Gasteiger partial charge >= 0.3 is 0 Å². The number of halogens is 2. The van der Waals surface area contributed by atoms with Crippen molar-refractivity contribution in [3.63, 3.8) is 0 Å². The largest absolute Gasteiger partial charge is 0.381 e. The van der Waals surface area contributed by atoms with Crippen LogP contribution >= 0.6 is 0 Å². The van der Waals surface area contributed by atoms with E-state index in [4.69, 9.17) is 10.5 Å². The highest BCUT2D eigenvalue weighted by Gasteiger charge is 2.46. The molecule has 0 unspecified atom stereocenters. The normalized spacial score (nSPS) is 22.9. The lowest BCUT2D eigenvalue weighted by atomic mass is 9.72. The summed E-state index contributed by atoms with van der Waals surface area (Å²) >= 11 is 0. The first-order chi connectivity index (χ1) is 12.0. The number of ether oxygens (including phenoxy) is 1. The zero-order valence-corrected chi connectivity index (χ0v) is 14.4. The minimum atomic E-state index is -0.877. The molecule has 1 aromatic heterocycles. The van der Waals surface area contributed by atoms with Gasteiger partial charge in [0.2, 0.25) is 0 Å². The predicted octanol–water partition coefficient (Wildman–Crippen LogP) is 3.01. The molecule has 4 rings (SSSR count). The summed E-state index contributed by atoms with van der Waals surface area (Å²) in [5.74, 6) is -1.36. The second kappa shape index (κ2) is 6.18. The van der Waals surface area contributed by atoms with Crippen molar-refractivity contribution in [2.24, 2.45) is 17.1 Å². The van der Waals surface area contributed by atoms with Crippen molar-refractivity contribution in [1.82, 2.24) is 4.98 Å². The Morgan fingerprint density at radius 1 is 1.32 bits per heavy atom. The molecule has 0 saturated carbocycles. The fraction of sp³-hybridized carbons (Fsp3) is 0.526. The Morgan fingerprint density at radius 3 is 2.80 bits per heavy atom. The van der Waals surface area contributed by atoms with E-state index in [9.17, 15) is 8.78 Å². The van der Waals surface area contributed by atoms with Gasteiger partial charge in [-0.15, -0.1) is 0 Å². The van der Waals surface area contributed by atoms with E-state index in [1.54, 1.807) is 6.07 Å². The highest BCUT2D eigenvalue weighted by molar-refractivity contribution is 5.92. The molecule has 4 nitrogen and oxygen atoms in total. The topological polar surface area (TPSA) is 51.4 Å². The summed E-state index contributed by atoms with van der Waals surface area (Å²) in [5.41, 5.74) is 7.93. The molecule has 25 heavy (non-hydrogen) atoms. The first-order valence-electron chi connectivity index (χ1n) is 8.82. The van der Waals surface area contributed by atoms with E-state index < -0.39 is 11.6 Å². The van der Waals surface area contributed by atoms with Gasteiger partial charge in [0.1, 0.15) is 5.52 Å². The summed E-state index contributed by atoms with van der Waals surface area (Å²) in [6.45, 7) is 5.67. The van der Waals surface area contributed by atoms with Gasteiger partial charge < -0.3 is 15.4 Å². The molecule has 2 aromatic rings. The van der Waals surface area contributed by atoms with Gasteiger partial charge in [-0.05, 0) is 55.8 Å². The molecule has 1 aromatic carbocycles. The van der Waals surface area contributed by atoms with Gasteiger partial charge in [-0.25, -0.2) is 13.8 Å². The Morgan fingerprint density at radius 2 is 2.08 bits per heavy atom. The number of nitrogens with zero attached hydrogens (tertiary/aromatic N) is 2. The Bertz CT molecular complexity index is 805. The van der Waals surface area contributed by atoms with Gasteiger partial charge in [-0.1, -0.05) is 0 Å². The third-order valence-corrected chi connectivity index (χ3v) is 5.91. The van der Waals surface area contributed by atoms with E-state index in [-0.39, 0.29) is 10.9 Å². The van der Waals surface area contributed by atoms with Crippen LogP contribution in [0.25, 0.3) is 10.9 Å². The van der Waals surface area contributed by atoms with Crippen molar-refractivity contribution in [3.8, 4) is 0 Å². The van der Waals surface area contributed by atoms with Gasteiger partial charge in [-0.2, -0.15) is 0 Å². The average Bonchev–Trinajstić information content (AvgIpc) is 2.96. The number of aryl methyl sites for hydroxylation is 1. The third kappa shape index (κ3) is 2.68. The lowest BCUT2D eigenvalue weighted by molar-refractivity contribution is 0.00491. The van der Waals surface area contributed by atoms with Crippen molar-refractivity contribution < 1.29 is 13.5 Å². The molecule has 2 aliphatic rings. The van der Waals surface area contributed by atoms with E-state index in [2.05, 4.69) is 9.88 Å². The second-order valence-electron chi connectivity index (χ2n) is 7.33. The molecule has 6 heteroatoms. The predicted molar refractivity (Wildman–Crippen MR) is 93.6 cm³/mol. The van der Waals surface area contributed by atoms with E-state index in [1.165, 1.54) is 6.07 Å². The van der Waals surface area contributed by atoms with Gasteiger partial charge in [0.05, 0.1) is 0 Å². The second-order valence-corrected chi connectivity index (χ2v) is 7.33. The highest BCUT2D eigenvalue weighted by atomic mass is 19.2. The molecule has 0 radical (unpaired) electrons. The molecule has 0 aliphatic carbocycles. The van der Waals surface area contributed by atoms with Crippen LogP contribution in [0.3, 0.4) is 0 Å². The summed E-state index contributed by atoms with van der Waals surface area (Å²) in [4.78, 5) is 6.50. The molecular formula is C19H23F2N3O. The van der Waals surface area contributed by atoms with Gasteiger partial charge in [0, 0.05) is 43.1 Å². The molecule has 0 bridgehead atoms. The van der Waals surface area contributed by atoms with Crippen LogP contribution in [0, 0.1) is 29.9 Å². The number of hydrogen-bond acceptors (Lipinski definition) is 4. The van der Waals surface area contributed by atoms with Gasteiger partial charge in [-0.3, -0.25) is 0 Å². The first kappa shape index (κ1) is 16.7. The van der Waals surface area contributed by atoms with Gasteiger partial charge in [0.25, 0.3) is 0 Å². The number of anilines is 1. The Labute approximate surface area is 146 Å². The number of nitrogens with two attached hydrogens (primary N) is 1. The van der Waals surface area contributed by atoms with E-state index in [1.807, 2.05) is 13.0 Å². The average molecular weight is 347 g/mol. The molecule has 2 N–H and O–H groups in total. The van der Waals surface area contributed by atoms with E-state index >= 15 is 0 Å². The monoisotopic (exact) mass is 347 g/mol. The lowest BCUT2D eigenvalue weighted by Crippen LogP contribution is -2.39. The maximum Gasteiger partial charge on any atom is 0.185 e. The molecule has 134 valence electrons. The minimum absolute atomic E-state index is 0.104. The van der Waals surface area contributed by atoms with Crippen LogP contribution in [0.4, 0.5) is 14.5 Å². The SMILES string of the molecule is Cc1cc(N2C[C@H](CN)C3(CCOCC3)C2)c2ccc(F)c(F)c2n1. The van der Waals surface area contributed by atoms with E-state index in [0.29, 0.717) is 23.5 Å².